The number of aromatic nitrogens is 2. The minimum absolute atomic E-state index is 0.153. The summed E-state index contributed by atoms with van der Waals surface area (Å²) >= 11 is 0. The molecule has 2 N–H and O–H groups in total. The fourth-order valence-corrected chi connectivity index (χ4v) is 2.72. The van der Waals surface area contributed by atoms with E-state index in [1.54, 1.807) is 31.2 Å². The zero-order valence-corrected chi connectivity index (χ0v) is 16.3. The normalized spacial score (nSPS) is 11.4. The number of anilines is 2. The number of hydrogen-bond acceptors (Lipinski definition) is 6. The average molecular weight is 390 g/mol. The average Bonchev–Trinajstić information content (AvgIpc) is 2.75. The molecule has 1 atom stereocenters. The van der Waals surface area contributed by atoms with Gasteiger partial charge in [-0.25, -0.2) is 14.8 Å². The van der Waals surface area contributed by atoms with Gasteiger partial charge in [0.1, 0.15) is 11.5 Å². The van der Waals surface area contributed by atoms with E-state index in [2.05, 4.69) is 20.6 Å². The first-order valence-electron chi connectivity index (χ1n) is 9.29. The van der Waals surface area contributed by atoms with E-state index < -0.39 is 5.97 Å². The van der Waals surface area contributed by atoms with Gasteiger partial charge < -0.3 is 15.4 Å². The molecule has 0 saturated carbocycles. The standard InChI is InChI=1S/C22H22N4O3/c1-3-29-22(28)17-11-7-8-12-18(17)26-20-14-23-19(13-24-20)21(27)25-15(2)16-9-5-4-6-10-16/h4-15H,3H2,1-2H3,(H,24,26)(H,25,27). The van der Waals surface area contributed by atoms with Gasteiger partial charge in [-0.15, -0.1) is 0 Å². The largest absolute Gasteiger partial charge is 0.462 e. The lowest BCUT2D eigenvalue weighted by Crippen LogP contribution is -2.27. The third-order valence-electron chi connectivity index (χ3n) is 4.22. The summed E-state index contributed by atoms with van der Waals surface area (Å²) in [5.41, 5.74) is 2.16. The third kappa shape index (κ3) is 5.16. The lowest BCUT2D eigenvalue weighted by Gasteiger charge is -2.14. The molecule has 0 fully saturated rings. The van der Waals surface area contributed by atoms with Crippen LogP contribution in [0.4, 0.5) is 11.5 Å². The first kappa shape index (κ1) is 20.0. The molecule has 0 bridgehead atoms. The van der Waals surface area contributed by atoms with Gasteiger partial charge >= 0.3 is 5.97 Å². The Labute approximate surface area is 169 Å². The zero-order chi connectivity index (χ0) is 20.6. The molecule has 1 amide bonds. The van der Waals surface area contributed by atoms with Crippen LogP contribution in [0.1, 0.15) is 46.3 Å². The predicted molar refractivity (Wildman–Crippen MR) is 110 cm³/mol. The summed E-state index contributed by atoms with van der Waals surface area (Å²) in [7, 11) is 0. The quantitative estimate of drug-likeness (QED) is 0.595. The molecule has 29 heavy (non-hydrogen) atoms. The molecule has 0 aliphatic heterocycles. The van der Waals surface area contributed by atoms with Crippen LogP contribution in [-0.4, -0.2) is 28.5 Å². The Hall–Kier alpha value is -3.74. The van der Waals surface area contributed by atoms with Crippen LogP contribution >= 0.6 is 0 Å². The van der Waals surface area contributed by atoms with Crippen LogP contribution in [-0.2, 0) is 4.74 Å². The van der Waals surface area contributed by atoms with Gasteiger partial charge in [0.25, 0.3) is 5.91 Å². The highest BCUT2D eigenvalue weighted by Crippen LogP contribution is 2.20. The monoisotopic (exact) mass is 390 g/mol. The molecule has 0 saturated heterocycles. The van der Waals surface area contributed by atoms with Crippen molar-refractivity contribution in [1.82, 2.24) is 15.3 Å². The lowest BCUT2D eigenvalue weighted by atomic mass is 10.1. The van der Waals surface area contributed by atoms with E-state index in [0.717, 1.165) is 5.56 Å². The van der Waals surface area contributed by atoms with Crippen molar-refractivity contribution >= 4 is 23.4 Å². The minimum Gasteiger partial charge on any atom is -0.462 e. The summed E-state index contributed by atoms with van der Waals surface area (Å²) in [5, 5.41) is 5.94. The molecular weight excluding hydrogens is 368 g/mol. The Morgan fingerprint density at radius 3 is 2.41 bits per heavy atom. The molecule has 0 aliphatic rings. The molecule has 3 aromatic rings. The molecule has 7 nitrogen and oxygen atoms in total. The highest BCUT2D eigenvalue weighted by molar-refractivity contribution is 5.96. The van der Waals surface area contributed by atoms with Crippen LogP contribution in [0.25, 0.3) is 0 Å². The van der Waals surface area contributed by atoms with Gasteiger partial charge in [-0.1, -0.05) is 42.5 Å². The molecule has 0 spiro atoms. The van der Waals surface area contributed by atoms with Gasteiger partial charge in [0.15, 0.2) is 0 Å². The number of nitrogens with zero attached hydrogens (tertiary/aromatic N) is 2. The van der Waals surface area contributed by atoms with Crippen molar-refractivity contribution in [2.45, 2.75) is 19.9 Å². The number of hydrogen-bond donors (Lipinski definition) is 2. The van der Waals surface area contributed by atoms with Crippen LogP contribution in [0.3, 0.4) is 0 Å². The Morgan fingerprint density at radius 1 is 1.00 bits per heavy atom. The number of rotatable bonds is 7. The maximum atomic E-state index is 12.4. The predicted octanol–water partition coefficient (Wildman–Crippen LogP) is 3.89. The van der Waals surface area contributed by atoms with E-state index in [0.29, 0.717) is 17.1 Å². The highest BCUT2D eigenvalue weighted by Gasteiger charge is 2.15. The maximum absolute atomic E-state index is 12.4. The number of carbonyl (C=O) groups is 2. The summed E-state index contributed by atoms with van der Waals surface area (Å²) in [6.07, 6.45) is 2.84. The molecule has 3 rings (SSSR count). The smallest absolute Gasteiger partial charge is 0.340 e. The number of esters is 1. The summed E-state index contributed by atoms with van der Waals surface area (Å²) in [6.45, 7) is 3.95. The van der Waals surface area contributed by atoms with Crippen molar-refractivity contribution in [1.29, 1.82) is 0 Å². The third-order valence-corrected chi connectivity index (χ3v) is 4.22. The first-order chi connectivity index (χ1) is 14.1. The van der Waals surface area contributed by atoms with Crippen molar-refractivity contribution in [2.75, 3.05) is 11.9 Å². The van der Waals surface area contributed by atoms with Gasteiger partial charge in [0.2, 0.25) is 0 Å². The zero-order valence-electron chi connectivity index (χ0n) is 16.3. The second kappa shape index (κ2) is 9.45. The van der Waals surface area contributed by atoms with Crippen molar-refractivity contribution in [3.05, 3.63) is 83.8 Å². The Bertz CT molecular complexity index is 975. The maximum Gasteiger partial charge on any atom is 0.340 e. The van der Waals surface area contributed by atoms with Crippen molar-refractivity contribution in [3.8, 4) is 0 Å². The fourth-order valence-electron chi connectivity index (χ4n) is 2.72. The number of para-hydroxylation sites is 1. The molecule has 148 valence electrons. The van der Waals surface area contributed by atoms with Crippen LogP contribution in [0.5, 0.6) is 0 Å². The van der Waals surface area contributed by atoms with Crippen molar-refractivity contribution in [2.24, 2.45) is 0 Å². The highest BCUT2D eigenvalue weighted by atomic mass is 16.5. The number of carbonyl (C=O) groups excluding carboxylic acids is 2. The molecule has 0 aliphatic carbocycles. The van der Waals surface area contributed by atoms with Crippen LogP contribution in [0.2, 0.25) is 0 Å². The lowest BCUT2D eigenvalue weighted by molar-refractivity contribution is 0.0527. The van der Waals surface area contributed by atoms with Crippen LogP contribution in [0.15, 0.2) is 67.0 Å². The van der Waals surface area contributed by atoms with Crippen LogP contribution in [0, 0.1) is 0 Å². The van der Waals surface area contributed by atoms with E-state index in [1.807, 2.05) is 37.3 Å². The van der Waals surface area contributed by atoms with Crippen molar-refractivity contribution < 1.29 is 14.3 Å². The van der Waals surface area contributed by atoms with Crippen LogP contribution < -0.4 is 10.6 Å². The second-order valence-electron chi connectivity index (χ2n) is 6.28. The SMILES string of the molecule is CCOC(=O)c1ccccc1Nc1cnc(C(=O)NC(C)c2ccccc2)cn1. The van der Waals surface area contributed by atoms with Gasteiger partial charge in [-0.05, 0) is 31.5 Å². The van der Waals surface area contributed by atoms with Crippen molar-refractivity contribution in [3.63, 3.8) is 0 Å². The number of benzene rings is 2. The molecule has 1 aromatic heterocycles. The Balaban J connectivity index is 1.68. The van der Waals surface area contributed by atoms with Gasteiger partial charge in [-0.3, -0.25) is 4.79 Å². The summed E-state index contributed by atoms with van der Waals surface area (Å²) in [6, 6.07) is 16.5. The number of nitrogens with one attached hydrogen (secondary N) is 2. The minimum atomic E-state index is -0.422. The second-order valence-corrected chi connectivity index (χ2v) is 6.28. The van der Waals surface area contributed by atoms with E-state index in [9.17, 15) is 9.59 Å². The Kier molecular flexibility index (Phi) is 6.52. The number of amides is 1. The summed E-state index contributed by atoms with van der Waals surface area (Å²) in [4.78, 5) is 32.9. The topological polar surface area (TPSA) is 93.2 Å². The first-order valence-corrected chi connectivity index (χ1v) is 9.29. The van der Waals surface area contributed by atoms with Gasteiger partial charge in [-0.2, -0.15) is 0 Å². The van der Waals surface area contributed by atoms with Gasteiger partial charge in [0.05, 0.1) is 36.3 Å². The van der Waals surface area contributed by atoms with E-state index in [4.69, 9.17) is 4.74 Å². The molecular formula is C22H22N4O3. The summed E-state index contributed by atoms with van der Waals surface area (Å²) < 4.78 is 5.06. The van der Waals surface area contributed by atoms with E-state index in [-0.39, 0.29) is 24.2 Å². The summed E-state index contributed by atoms with van der Waals surface area (Å²) in [5.74, 6) is -0.323. The fraction of sp³-hybridized carbons (Fsp3) is 0.182. The molecule has 7 heteroatoms. The Morgan fingerprint density at radius 2 is 1.72 bits per heavy atom. The van der Waals surface area contributed by atoms with E-state index >= 15 is 0 Å². The molecule has 1 heterocycles. The molecule has 2 aromatic carbocycles. The number of ether oxygens (including phenoxy) is 1. The molecule has 0 radical (unpaired) electrons. The van der Waals surface area contributed by atoms with E-state index in [1.165, 1.54) is 12.4 Å². The van der Waals surface area contributed by atoms with Gasteiger partial charge in [0, 0.05) is 0 Å². The molecule has 1 unspecified atom stereocenters.